The molecule has 0 atom stereocenters. The number of hydrogen-bond acceptors (Lipinski definition) is 6. The number of aliphatic imine (C=N–C) groups is 1. The lowest BCUT2D eigenvalue weighted by Crippen LogP contribution is -2.14. The van der Waals surface area contributed by atoms with Gasteiger partial charge in [0.25, 0.3) is 0 Å². The molecule has 1 heterocycles. The predicted octanol–water partition coefficient (Wildman–Crippen LogP) is 5.45. The first kappa shape index (κ1) is 21.6. The monoisotopic (exact) mass is 399 g/mol. The number of ether oxygens (including phenoxy) is 2. The van der Waals surface area contributed by atoms with Crippen molar-refractivity contribution in [3.63, 3.8) is 0 Å². The molecule has 0 spiro atoms. The van der Waals surface area contributed by atoms with E-state index in [2.05, 4.69) is 11.6 Å². The largest absolute Gasteiger partial charge is 0.462 e. The van der Waals surface area contributed by atoms with Crippen LogP contribution in [0.2, 0.25) is 0 Å². The summed E-state index contributed by atoms with van der Waals surface area (Å²) in [5, 5.41) is 0.456. The lowest BCUT2D eigenvalue weighted by Gasteiger charge is -2.07. The first-order chi connectivity index (χ1) is 13.5. The van der Waals surface area contributed by atoms with E-state index in [9.17, 15) is 9.59 Å². The van der Waals surface area contributed by atoms with Crippen molar-refractivity contribution in [1.82, 2.24) is 0 Å². The number of rotatable bonds is 9. The van der Waals surface area contributed by atoms with Crippen LogP contribution in [0.3, 0.4) is 0 Å². The zero-order valence-electron chi connectivity index (χ0n) is 16.5. The second-order valence-electron chi connectivity index (χ2n) is 5.90. The smallest absolute Gasteiger partial charge is 0.342 e. The Balaban J connectivity index is 2.52. The molecule has 6 heteroatoms. The van der Waals surface area contributed by atoms with Crippen molar-refractivity contribution in [2.45, 2.75) is 33.6 Å². The molecule has 0 fully saturated rings. The maximum absolute atomic E-state index is 12.6. The van der Waals surface area contributed by atoms with E-state index in [0.717, 1.165) is 22.4 Å². The molecule has 0 N–H and O–H groups in total. The van der Waals surface area contributed by atoms with Crippen LogP contribution in [0.4, 0.5) is 5.00 Å². The second kappa shape index (κ2) is 10.6. The first-order valence-corrected chi connectivity index (χ1v) is 10.1. The van der Waals surface area contributed by atoms with Crippen LogP contribution in [0.1, 0.15) is 63.9 Å². The van der Waals surface area contributed by atoms with E-state index in [1.54, 1.807) is 26.1 Å². The summed E-state index contributed by atoms with van der Waals surface area (Å²) >= 11 is 1.33. The Morgan fingerprint density at radius 2 is 1.57 bits per heavy atom. The maximum Gasteiger partial charge on any atom is 0.342 e. The Kier molecular flexibility index (Phi) is 8.14. The molecule has 28 heavy (non-hydrogen) atoms. The third-order valence-electron chi connectivity index (χ3n) is 3.90. The van der Waals surface area contributed by atoms with Gasteiger partial charge < -0.3 is 9.47 Å². The Hall–Kier alpha value is -2.73. The molecule has 2 aromatic rings. The molecule has 2 rings (SSSR count). The third-order valence-corrected chi connectivity index (χ3v) is 5.06. The van der Waals surface area contributed by atoms with E-state index in [4.69, 9.17) is 9.47 Å². The van der Waals surface area contributed by atoms with Crippen molar-refractivity contribution in [3.05, 3.63) is 58.0 Å². The SMILES string of the molecule is C=Cc1ccc(/C=N/c2sc(CCC)c(C(=O)OCC)c2C(=O)OCC)cc1. The summed E-state index contributed by atoms with van der Waals surface area (Å²) in [4.78, 5) is 30.4. The summed E-state index contributed by atoms with van der Waals surface area (Å²) in [5.74, 6) is -1.07. The van der Waals surface area contributed by atoms with Gasteiger partial charge in [0.1, 0.15) is 10.6 Å². The van der Waals surface area contributed by atoms with Crippen molar-refractivity contribution < 1.29 is 19.1 Å². The highest BCUT2D eigenvalue weighted by atomic mass is 32.1. The topological polar surface area (TPSA) is 65.0 Å². The molecule has 0 amide bonds. The Morgan fingerprint density at radius 3 is 2.11 bits per heavy atom. The first-order valence-electron chi connectivity index (χ1n) is 9.32. The number of hydrogen-bond donors (Lipinski definition) is 0. The summed E-state index contributed by atoms with van der Waals surface area (Å²) in [5.41, 5.74) is 2.35. The summed E-state index contributed by atoms with van der Waals surface area (Å²) in [6.45, 7) is 9.66. The van der Waals surface area contributed by atoms with Crippen LogP contribution < -0.4 is 0 Å². The molecule has 148 valence electrons. The van der Waals surface area contributed by atoms with Gasteiger partial charge in [0.2, 0.25) is 0 Å². The van der Waals surface area contributed by atoms with Crippen LogP contribution in [-0.4, -0.2) is 31.4 Å². The Bertz CT molecular complexity index is 865. The fraction of sp³-hybridized carbons (Fsp3) is 0.318. The maximum atomic E-state index is 12.6. The molecule has 1 aromatic carbocycles. The molecule has 5 nitrogen and oxygen atoms in total. The van der Waals surface area contributed by atoms with Crippen LogP contribution in [0.15, 0.2) is 35.8 Å². The van der Waals surface area contributed by atoms with E-state index < -0.39 is 11.9 Å². The quantitative estimate of drug-likeness (QED) is 0.415. The van der Waals surface area contributed by atoms with E-state index in [0.29, 0.717) is 11.4 Å². The standard InChI is InChI=1S/C22H25NO4S/c1-5-9-17-18(21(24)26-7-3)19(22(25)27-8-4)20(28-17)23-14-16-12-10-15(6-2)11-13-16/h6,10-14H,2,5,7-9H2,1,3-4H3/b23-14+. The van der Waals surface area contributed by atoms with E-state index in [1.807, 2.05) is 31.2 Å². The molecule has 0 radical (unpaired) electrons. The molecule has 0 aliphatic heterocycles. The fourth-order valence-corrected chi connectivity index (χ4v) is 3.84. The average molecular weight is 400 g/mol. The van der Waals surface area contributed by atoms with Gasteiger partial charge in [-0.15, -0.1) is 11.3 Å². The highest BCUT2D eigenvalue weighted by Crippen LogP contribution is 2.37. The lowest BCUT2D eigenvalue weighted by molar-refractivity contribution is 0.0480. The van der Waals surface area contributed by atoms with E-state index >= 15 is 0 Å². The minimum absolute atomic E-state index is 0.188. The van der Waals surface area contributed by atoms with Gasteiger partial charge in [-0.25, -0.2) is 14.6 Å². The fourth-order valence-electron chi connectivity index (χ4n) is 2.62. The molecule has 0 aliphatic carbocycles. The van der Waals surface area contributed by atoms with Crippen molar-refractivity contribution in [1.29, 1.82) is 0 Å². The molecule has 0 saturated heterocycles. The number of nitrogens with zero attached hydrogens (tertiary/aromatic N) is 1. The Morgan fingerprint density at radius 1 is 1.00 bits per heavy atom. The molecule has 0 bridgehead atoms. The van der Waals surface area contributed by atoms with Crippen LogP contribution in [0, 0.1) is 0 Å². The highest BCUT2D eigenvalue weighted by molar-refractivity contribution is 7.16. The number of esters is 2. The van der Waals surface area contributed by atoms with Gasteiger partial charge in [-0.1, -0.05) is 50.3 Å². The molecule has 0 unspecified atom stereocenters. The summed E-state index contributed by atoms with van der Waals surface area (Å²) < 4.78 is 10.4. The lowest BCUT2D eigenvalue weighted by atomic mass is 10.1. The van der Waals surface area contributed by atoms with E-state index in [1.165, 1.54) is 11.3 Å². The third kappa shape index (κ3) is 5.16. The van der Waals surface area contributed by atoms with Gasteiger partial charge in [0.15, 0.2) is 0 Å². The van der Waals surface area contributed by atoms with Crippen LogP contribution in [-0.2, 0) is 15.9 Å². The van der Waals surface area contributed by atoms with Crippen LogP contribution in [0.25, 0.3) is 6.08 Å². The summed E-state index contributed by atoms with van der Waals surface area (Å²) in [7, 11) is 0. The minimum Gasteiger partial charge on any atom is -0.462 e. The summed E-state index contributed by atoms with van der Waals surface area (Å²) in [6, 6.07) is 7.69. The van der Waals surface area contributed by atoms with Crippen LogP contribution >= 0.6 is 11.3 Å². The van der Waals surface area contributed by atoms with Crippen molar-refractivity contribution in [2.24, 2.45) is 4.99 Å². The highest BCUT2D eigenvalue weighted by Gasteiger charge is 2.29. The van der Waals surface area contributed by atoms with Gasteiger partial charge in [0, 0.05) is 11.1 Å². The normalized spacial score (nSPS) is 10.8. The number of benzene rings is 1. The minimum atomic E-state index is -0.557. The number of aryl methyl sites for hydroxylation is 1. The number of carbonyl (C=O) groups excluding carboxylic acids is 2. The predicted molar refractivity (Wildman–Crippen MR) is 114 cm³/mol. The molecular formula is C22H25NO4S. The van der Waals surface area contributed by atoms with Gasteiger partial charge in [-0.2, -0.15) is 0 Å². The van der Waals surface area contributed by atoms with Gasteiger partial charge >= 0.3 is 11.9 Å². The number of thiophene rings is 1. The molecule has 1 aromatic heterocycles. The van der Waals surface area contributed by atoms with Gasteiger partial charge in [-0.3, -0.25) is 0 Å². The van der Waals surface area contributed by atoms with E-state index in [-0.39, 0.29) is 24.3 Å². The van der Waals surface area contributed by atoms with Crippen molar-refractivity contribution in [2.75, 3.05) is 13.2 Å². The van der Waals surface area contributed by atoms with Crippen molar-refractivity contribution in [3.8, 4) is 0 Å². The second-order valence-corrected chi connectivity index (χ2v) is 6.98. The summed E-state index contributed by atoms with van der Waals surface area (Å²) in [6.07, 6.45) is 4.93. The number of carbonyl (C=O) groups is 2. The zero-order chi connectivity index (χ0) is 20.5. The molecular weight excluding hydrogens is 374 g/mol. The molecule has 0 aliphatic rings. The Labute approximate surface area is 169 Å². The van der Waals surface area contributed by atoms with Gasteiger partial charge in [0.05, 0.1) is 18.8 Å². The average Bonchev–Trinajstić information content (AvgIpc) is 3.06. The van der Waals surface area contributed by atoms with Gasteiger partial charge in [-0.05, 0) is 31.4 Å². The van der Waals surface area contributed by atoms with Crippen molar-refractivity contribution >= 4 is 40.6 Å². The zero-order valence-corrected chi connectivity index (χ0v) is 17.3. The molecule has 0 saturated carbocycles. The van der Waals surface area contributed by atoms with Crippen LogP contribution in [0.5, 0.6) is 0 Å².